The maximum atomic E-state index is 11.8. The molecule has 0 saturated heterocycles. The number of Topliss-reactive ketones (excluding diaryl/α,β-unsaturated/α-hetero) is 1. The van der Waals surface area contributed by atoms with Crippen LogP contribution in [0.4, 0.5) is 0 Å². The van der Waals surface area contributed by atoms with Crippen LogP contribution in [0.1, 0.15) is 41.1 Å². The zero-order valence-electron chi connectivity index (χ0n) is 11.3. The smallest absolute Gasteiger partial charge is 0.206 e. The van der Waals surface area contributed by atoms with E-state index >= 15 is 0 Å². The van der Waals surface area contributed by atoms with Gasteiger partial charge in [0.2, 0.25) is 11.5 Å². The monoisotopic (exact) mass is 272 g/mol. The summed E-state index contributed by atoms with van der Waals surface area (Å²) in [5, 5.41) is 4.07. The minimum absolute atomic E-state index is 0.0402. The third kappa shape index (κ3) is 2.05. The lowest BCUT2D eigenvalue weighted by molar-refractivity contribution is 0.0935. The van der Waals surface area contributed by atoms with Gasteiger partial charge in [0.05, 0.1) is 12.8 Å². The van der Waals surface area contributed by atoms with E-state index in [1.54, 1.807) is 13.2 Å². The summed E-state index contributed by atoms with van der Waals surface area (Å²) < 4.78 is 10.5. The molecule has 1 aromatic rings. The highest BCUT2D eigenvalue weighted by Crippen LogP contribution is 2.31. The van der Waals surface area contributed by atoms with E-state index < -0.39 is 0 Å². The van der Waals surface area contributed by atoms with E-state index in [0.717, 1.165) is 35.4 Å². The number of ether oxygens (including phenoxy) is 1. The molecule has 20 heavy (non-hydrogen) atoms. The lowest BCUT2D eigenvalue weighted by Crippen LogP contribution is -2.09. The molecule has 0 spiro atoms. The number of aromatic nitrogens is 1. The van der Waals surface area contributed by atoms with Crippen LogP contribution in [0.15, 0.2) is 34.2 Å². The van der Waals surface area contributed by atoms with Crippen LogP contribution in [-0.4, -0.2) is 18.0 Å². The number of ketones is 1. The molecule has 0 unspecified atom stereocenters. The number of rotatable bonds is 2. The highest BCUT2D eigenvalue weighted by molar-refractivity contribution is 5.97. The van der Waals surface area contributed by atoms with Crippen LogP contribution in [0.3, 0.4) is 0 Å². The number of carbonyl (C=O) groups is 1. The molecule has 0 atom stereocenters. The van der Waals surface area contributed by atoms with Crippen LogP contribution in [0.5, 0.6) is 0 Å². The second-order valence-corrected chi connectivity index (χ2v) is 4.90. The number of methoxy groups -OCH3 is 1. The predicted molar refractivity (Wildman–Crippen MR) is 73.7 cm³/mol. The molecule has 2 aliphatic carbocycles. The zero-order chi connectivity index (χ0) is 14.1. The Bertz CT molecular complexity index is 650. The van der Waals surface area contributed by atoms with E-state index in [1.165, 1.54) is 0 Å². The van der Waals surface area contributed by atoms with E-state index in [0.29, 0.717) is 24.3 Å². The van der Waals surface area contributed by atoms with Crippen molar-refractivity contribution in [2.24, 2.45) is 5.73 Å². The molecule has 0 saturated carbocycles. The van der Waals surface area contributed by atoms with Crippen LogP contribution >= 0.6 is 0 Å². The van der Waals surface area contributed by atoms with Gasteiger partial charge in [-0.15, -0.1) is 0 Å². The number of nitrogens with zero attached hydrogens (tertiary/aromatic N) is 1. The molecule has 0 radical (unpaired) electrons. The summed E-state index contributed by atoms with van der Waals surface area (Å²) in [6, 6.07) is 0. The molecule has 0 amide bonds. The maximum Gasteiger partial charge on any atom is 0.206 e. The molecule has 5 heteroatoms. The molecule has 0 aliphatic heterocycles. The van der Waals surface area contributed by atoms with Crippen molar-refractivity contribution >= 4 is 11.4 Å². The van der Waals surface area contributed by atoms with Gasteiger partial charge in [-0.1, -0.05) is 17.3 Å². The molecule has 2 N–H and O–H groups in total. The summed E-state index contributed by atoms with van der Waals surface area (Å²) in [6.45, 7) is 0. The van der Waals surface area contributed by atoms with Crippen molar-refractivity contribution in [3.63, 3.8) is 0 Å². The van der Waals surface area contributed by atoms with Gasteiger partial charge in [0.15, 0.2) is 0 Å². The molecule has 2 aliphatic rings. The lowest BCUT2D eigenvalue weighted by Gasteiger charge is -2.08. The molecule has 0 aromatic carbocycles. The summed E-state index contributed by atoms with van der Waals surface area (Å²) in [5.74, 6) is 1.18. The minimum Gasteiger partial charge on any atom is -0.499 e. The third-order valence-corrected chi connectivity index (χ3v) is 3.66. The molecule has 1 aromatic heterocycles. The van der Waals surface area contributed by atoms with Crippen LogP contribution in [0.25, 0.3) is 5.57 Å². The molecule has 0 bridgehead atoms. The fourth-order valence-electron chi connectivity index (χ4n) is 2.56. The van der Waals surface area contributed by atoms with Gasteiger partial charge in [0, 0.05) is 24.0 Å². The molecular weight excluding hydrogens is 256 g/mol. The maximum absolute atomic E-state index is 11.8. The zero-order valence-corrected chi connectivity index (χ0v) is 11.3. The second kappa shape index (κ2) is 5.00. The Balaban J connectivity index is 1.98. The molecule has 5 nitrogen and oxygen atoms in total. The Morgan fingerprint density at radius 2 is 2.20 bits per heavy atom. The standard InChI is InChI=1S/C15H16N2O3/c1-19-13-8-6-9(5-7-11(13)16)14-10-3-2-4-12(18)15(10)20-17-14/h5-7H,2-4,8,16H2,1H3. The number of carbonyl (C=O) groups excluding carboxylic acids is 1. The average Bonchev–Trinajstić information content (AvgIpc) is 2.79. The van der Waals surface area contributed by atoms with Gasteiger partial charge >= 0.3 is 0 Å². The van der Waals surface area contributed by atoms with Crippen molar-refractivity contribution in [3.05, 3.63) is 46.7 Å². The Kier molecular flexibility index (Phi) is 3.18. The normalized spacial score (nSPS) is 18.6. The van der Waals surface area contributed by atoms with E-state index in [4.69, 9.17) is 15.0 Å². The van der Waals surface area contributed by atoms with E-state index in [9.17, 15) is 4.79 Å². The van der Waals surface area contributed by atoms with Crippen LogP contribution in [-0.2, 0) is 11.2 Å². The molecule has 3 rings (SSSR count). The Labute approximate surface area is 116 Å². The highest BCUT2D eigenvalue weighted by atomic mass is 16.5. The van der Waals surface area contributed by atoms with Crippen molar-refractivity contribution in [1.82, 2.24) is 5.16 Å². The number of allylic oxidation sites excluding steroid dienone is 4. The molecule has 1 heterocycles. The van der Waals surface area contributed by atoms with Crippen molar-refractivity contribution in [2.45, 2.75) is 25.7 Å². The number of nitrogens with two attached hydrogens (primary N) is 1. The van der Waals surface area contributed by atoms with Gasteiger partial charge in [-0.25, -0.2) is 0 Å². The van der Waals surface area contributed by atoms with E-state index in [2.05, 4.69) is 5.16 Å². The fraction of sp³-hybridized carbons (Fsp3) is 0.333. The first kappa shape index (κ1) is 12.7. The molecule has 0 fully saturated rings. The summed E-state index contributed by atoms with van der Waals surface area (Å²) in [4.78, 5) is 11.8. The first-order valence-corrected chi connectivity index (χ1v) is 6.63. The van der Waals surface area contributed by atoms with Gasteiger partial charge < -0.3 is 15.0 Å². The summed E-state index contributed by atoms with van der Waals surface area (Å²) in [7, 11) is 1.60. The van der Waals surface area contributed by atoms with Crippen molar-refractivity contribution in [3.8, 4) is 0 Å². The van der Waals surface area contributed by atoms with Gasteiger partial charge in [-0.2, -0.15) is 0 Å². The first-order valence-electron chi connectivity index (χ1n) is 6.63. The second-order valence-electron chi connectivity index (χ2n) is 4.90. The molecular formula is C15H16N2O3. The van der Waals surface area contributed by atoms with Crippen molar-refractivity contribution < 1.29 is 14.1 Å². The topological polar surface area (TPSA) is 78.3 Å². The average molecular weight is 272 g/mol. The summed E-state index contributed by atoms with van der Waals surface area (Å²) in [6.07, 6.45) is 8.49. The van der Waals surface area contributed by atoms with Gasteiger partial charge in [0.1, 0.15) is 11.5 Å². The Morgan fingerprint density at radius 1 is 1.35 bits per heavy atom. The van der Waals surface area contributed by atoms with Gasteiger partial charge in [0.25, 0.3) is 0 Å². The van der Waals surface area contributed by atoms with Crippen molar-refractivity contribution in [2.75, 3.05) is 7.11 Å². The molecule has 104 valence electrons. The van der Waals surface area contributed by atoms with Crippen LogP contribution in [0, 0.1) is 0 Å². The number of hydrogen-bond acceptors (Lipinski definition) is 5. The predicted octanol–water partition coefficient (Wildman–Crippen LogP) is 2.35. The Morgan fingerprint density at radius 3 is 3.00 bits per heavy atom. The van der Waals surface area contributed by atoms with E-state index in [-0.39, 0.29) is 5.78 Å². The highest BCUT2D eigenvalue weighted by Gasteiger charge is 2.27. The minimum atomic E-state index is 0.0402. The fourth-order valence-corrected chi connectivity index (χ4v) is 2.56. The summed E-state index contributed by atoms with van der Waals surface area (Å²) in [5.41, 5.74) is 9.08. The first-order chi connectivity index (χ1) is 9.70. The summed E-state index contributed by atoms with van der Waals surface area (Å²) >= 11 is 0. The number of hydrogen-bond donors (Lipinski definition) is 1. The Hall–Kier alpha value is -2.30. The quantitative estimate of drug-likeness (QED) is 0.894. The van der Waals surface area contributed by atoms with Gasteiger partial charge in [-0.05, 0) is 18.9 Å². The third-order valence-electron chi connectivity index (χ3n) is 3.66. The largest absolute Gasteiger partial charge is 0.499 e. The van der Waals surface area contributed by atoms with Crippen molar-refractivity contribution in [1.29, 1.82) is 0 Å². The lowest BCUT2D eigenvalue weighted by atomic mass is 9.93. The van der Waals surface area contributed by atoms with Gasteiger partial charge in [-0.3, -0.25) is 4.79 Å². The van der Waals surface area contributed by atoms with Crippen LogP contribution in [0.2, 0.25) is 0 Å². The van der Waals surface area contributed by atoms with E-state index in [1.807, 2.05) is 12.2 Å². The number of fused-ring (bicyclic) bond motifs is 1. The van der Waals surface area contributed by atoms with Crippen LogP contribution < -0.4 is 5.73 Å². The SMILES string of the molecule is COC1=C(N)C=CC(c2noc3c2CCCC3=O)=CC1.